The molecule has 0 amide bonds. The maximum Gasteiger partial charge on any atom is 0.516 e. The summed E-state index contributed by atoms with van der Waals surface area (Å²) < 4.78 is 8.92. The fourth-order valence-electron chi connectivity index (χ4n) is 1.18. The lowest BCUT2D eigenvalue weighted by molar-refractivity contribution is -0.146. The highest BCUT2D eigenvalue weighted by Gasteiger charge is 2.22. The zero-order chi connectivity index (χ0) is 14.3. The van der Waals surface area contributed by atoms with Crippen LogP contribution in [0.25, 0.3) is 0 Å². The maximum absolute atomic E-state index is 11.2. The predicted octanol–water partition coefficient (Wildman–Crippen LogP) is 0.668. The predicted molar refractivity (Wildman–Crippen MR) is 62.9 cm³/mol. The molecule has 102 valence electrons. The summed E-state index contributed by atoms with van der Waals surface area (Å²) in [5.74, 6) is -2.40. The second-order valence-corrected chi connectivity index (χ2v) is 3.65. The van der Waals surface area contributed by atoms with Crippen LogP contribution in [0.15, 0.2) is 30.3 Å². The number of esters is 1. The van der Waals surface area contributed by atoms with Gasteiger partial charge in [0.2, 0.25) is 0 Å². The molecule has 19 heavy (non-hydrogen) atoms. The summed E-state index contributed by atoms with van der Waals surface area (Å²) in [4.78, 5) is 32.6. The van der Waals surface area contributed by atoms with E-state index in [1.807, 2.05) is 0 Å². The van der Waals surface area contributed by atoms with Crippen molar-refractivity contribution in [2.45, 2.75) is 19.1 Å². The second-order valence-electron chi connectivity index (χ2n) is 3.65. The number of ether oxygens (including phenoxy) is 2. The van der Waals surface area contributed by atoms with Crippen LogP contribution in [0.4, 0.5) is 4.79 Å². The van der Waals surface area contributed by atoms with Crippen molar-refractivity contribution >= 4 is 18.1 Å². The molecule has 0 aliphatic rings. The van der Waals surface area contributed by atoms with E-state index in [1.54, 1.807) is 30.3 Å². The third-order valence-electron chi connectivity index (χ3n) is 2.08. The molecule has 0 saturated heterocycles. The summed E-state index contributed by atoms with van der Waals surface area (Å²) in [6.07, 6.45) is -1.83. The average Bonchev–Trinajstić information content (AvgIpc) is 2.36. The average molecular weight is 267 g/mol. The molecule has 7 nitrogen and oxygen atoms in total. The summed E-state index contributed by atoms with van der Waals surface area (Å²) in [5, 5.41) is 8.41. The van der Waals surface area contributed by atoms with Crippen molar-refractivity contribution in [2.75, 3.05) is 0 Å². The fourth-order valence-corrected chi connectivity index (χ4v) is 1.18. The Hall–Kier alpha value is -2.41. The minimum Gasteiger partial charge on any atom is -0.481 e. The number of hydrogen-bond acceptors (Lipinski definition) is 6. The molecule has 0 spiro atoms. The summed E-state index contributed by atoms with van der Waals surface area (Å²) >= 11 is 0. The molecule has 0 aliphatic heterocycles. The van der Waals surface area contributed by atoms with Crippen LogP contribution in [-0.4, -0.2) is 29.2 Å². The van der Waals surface area contributed by atoms with E-state index in [1.165, 1.54) is 0 Å². The Bertz CT molecular complexity index is 459. The quantitative estimate of drug-likeness (QED) is 0.594. The highest BCUT2D eigenvalue weighted by molar-refractivity contribution is 5.88. The summed E-state index contributed by atoms with van der Waals surface area (Å²) in [6, 6.07) is 7.38. The first-order chi connectivity index (χ1) is 8.99. The molecule has 1 atom stereocenters. The van der Waals surface area contributed by atoms with E-state index in [2.05, 4.69) is 9.47 Å². The largest absolute Gasteiger partial charge is 0.516 e. The van der Waals surface area contributed by atoms with Crippen molar-refractivity contribution in [2.24, 2.45) is 5.73 Å². The van der Waals surface area contributed by atoms with Crippen LogP contribution in [0.3, 0.4) is 0 Å². The molecule has 1 aromatic rings. The van der Waals surface area contributed by atoms with Crippen molar-refractivity contribution in [3.8, 4) is 0 Å². The smallest absolute Gasteiger partial charge is 0.481 e. The Morgan fingerprint density at radius 2 is 1.84 bits per heavy atom. The van der Waals surface area contributed by atoms with Crippen molar-refractivity contribution in [3.05, 3.63) is 35.9 Å². The van der Waals surface area contributed by atoms with Crippen LogP contribution in [0.2, 0.25) is 0 Å². The fraction of sp³-hybridized carbons (Fsp3) is 0.250. The molecule has 0 fully saturated rings. The second kappa shape index (κ2) is 7.12. The zero-order valence-electron chi connectivity index (χ0n) is 9.94. The number of carboxylic acids is 1. The third-order valence-corrected chi connectivity index (χ3v) is 2.08. The van der Waals surface area contributed by atoms with Gasteiger partial charge >= 0.3 is 18.1 Å². The van der Waals surface area contributed by atoms with Crippen LogP contribution in [-0.2, 0) is 25.7 Å². The Balaban J connectivity index is 2.35. The van der Waals surface area contributed by atoms with Crippen molar-refractivity contribution in [1.82, 2.24) is 0 Å². The van der Waals surface area contributed by atoms with Crippen LogP contribution < -0.4 is 5.73 Å². The molecule has 0 unspecified atom stereocenters. The molecule has 7 heteroatoms. The molecule has 0 saturated carbocycles. The van der Waals surface area contributed by atoms with Gasteiger partial charge < -0.3 is 20.3 Å². The van der Waals surface area contributed by atoms with Crippen LogP contribution in [0.1, 0.15) is 12.0 Å². The van der Waals surface area contributed by atoms with Gasteiger partial charge in [0.05, 0.1) is 6.42 Å². The summed E-state index contributed by atoms with van der Waals surface area (Å²) in [7, 11) is 0. The van der Waals surface area contributed by atoms with Crippen LogP contribution >= 0.6 is 0 Å². The normalized spacial score (nSPS) is 11.4. The lowest BCUT2D eigenvalue weighted by atomic mass is 10.2. The van der Waals surface area contributed by atoms with Gasteiger partial charge in [0.15, 0.2) is 0 Å². The van der Waals surface area contributed by atoms with E-state index in [9.17, 15) is 14.4 Å². The van der Waals surface area contributed by atoms with Gasteiger partial charge in [0.25, 0.3) is 0 Å². The van der Waals surface area contributed by atoms with E-state index < -0.39 is 30.6 Å². The highest BCUT2D eigenvalue weighted by atomic mass is 16.7. The number of nitrogens with two attached hydrogens (primary N) is 1. The molecule has 0 bridgehead atoms. The molecule has 0 radical (unpaired) electrons. The highest BCUT2D eigenvalue weighted by Crippen LogP contribution is 2.02. The van der Waals surface area contributed by atoms with Gasteiger partial charge in [0, 0.05) is 0 Å². The number of hydrogen-bond donors (Lipinski definition) is 2. The number of rotatable bonds is 5. The van der Waals surface area contributed by atoms with Gasteiger partial charge in [-0.1, -0.05) is 30.3 Å². The van der Waals surface area contributed by atoms with E-state index in [4.69, 9.17) is 10.8 Å². The molecule has 0 aromatic heterocycles. The zero-order valence-corrected chi connectivity index (χ0v) is 9.94. The Labute approximate surface area is 108 Å². The molecular weight excluding hydrogens is 254 g/mol. The van der Waals surface area contributed by atoms with E-state index >= 15 is 0 Å². The molecule has 1 aromatic carbocycles. The number of carboxylic acid groups (broad SMARTS) is 1. The van der Waals surface area contributed by atoms with Crippen LogP contribution in [0.5, 0.6) is 0 Å². The molecular formula is C12H13NO6. The SMILES string of the molecule is N[C@@H](CC(=O)O)C(=O)OC(=O)OCc1ccccc1. The van der Waals surface area contributed by atoms with E-state index in [0.717, 1.165) is 5.56 Å². The minimum atomic E-state index is -1.40. The van der Waals surface area contributed by atoms with Gasteiger partial charge in [-0.05, 0) is 5.56 Å². The molecule has 0 heterocycles. The van der Waals surface area contributed by atoms with E-state index in [0.29, 0.717) is 0 Å². The molecule has 1 rings (SSSR count). The van der Waals surface area contributed by atoms with E-state index in [-0.39, 0.29) is 6.61 Å². The van der Waals surface area contributed by atoms with Gasteiger partial charge in [-0.15, -0.1) is 0 Å². The lowest BCUT2D eigenvalue weighted by Crippen LogP contribution is -2.35. The van der Waals surface area contributed by atoms with Gasteiger partial charge in [-0.2, -0.15) is 0 Å². The van der Waals surface area contributed by atoms with Crippen LogP contribution in [0, 0.1) is 0 Å². The van der Waals surface area contributed by atoms with Crippen molar-refractivity contribution in [1.29, 1.82) is 0 Å². The number of benzene rings is 1. The number of carbonyl (C=O) groups is 3. The van der Waals surface area contributed by atoms with Crippen molar-refractivity contribution in [3.63, 3.8) is 0 Å². The first-order valence-electron chi connectivity index (χ1n) is 5.39. The topological polar surface area (TPSA) is 116 Å². The van der Waals surface area contributed by atoms with Gasteiger partial charge in [-0.3, -0.25) is 4.79 Å². The van der Waals surface area contributed by atoms with Gasteiger partial charge in [0.1, 0.15) is 12.6 Å². The summed E-state index contributed by atoms with van der Waals surface area (Å²) in [5.41, 5.74) is 5.93. The standard InChI is InChI=1S/C12H13NO6/c13-9(6-10(14)15)11(16)19-12(17)18-7-8-4-2-1-3-5-8/h1-5,9H,6-7,13H2,(H,14,15)/t9-/m0/s1. The Morgan fingerprint density at radius 1 is 1.21 bits per heavy atom. The number of carbonyl (C=O) groups excluding carboxylic acids is 2. The molecule has 0 aliphatic carbocycles. The first-order valence-corrected chi connectivity index (χ1v) is 5.39. The number of aliphatic carboxylic acids is 1. The third kappa shape index (κ3) is 5.64. The minimum absolute atomic E-state index is 0.0544. The maximum atomic E-state index is 11.2. The van der Waals surface area contributed by atoms with Crippen molar-refractivity contribution < 1.29 is 29.0 Å². The Morgan fingerprint density at radius 3 is 2.42 bits per heavy atom. The summed E-state index contributed by atoms with van der Waals surface area (Å²) in [6.45, 7) is -0.0544. The molecule has 3 N–H and O–H groups in total. The monoisotopic (exact) mass is 267 g/mol. The lowest BCUT2D eigenvalue weighted by Gasteiger charge is -2.08. The van der Waals surface area contributed by atoms with Gasteiger partial charge in [-0.25, -0.2) is 9.59 Å². The Kier molecular flexibility index (Phi) is 5.49. The first kappa shape index (κ1) is 14.7.